The molecule has 1 rings (SSSR count). The van der Waals surface area contributed by atoms with Crippen molar-refractivity contribution in [2.24, 2.45) is 0 Å². The summed E-state index contributed by atoms with van der Waals surface area (Å²) in [4.78, 5) is 0. The molecule has 0 saturated heterocycles. The van der Waals surface area contributed by atoms with Crippen LogP contribution in [0.4, 0.5) is 0 Å². The largest absolute Gasteiger partial charge is 0.493 e. The summed E-state index contributed by atoms with van der Waals surface area (Å²) in [5, 5.41) is 4.24. The lowest BCUT2D eigenvalue weighted by Crippen LogP contribution is -2.35. The Balaban J connectivity index is 2.56. The molecule has 0 radical (unpaired) electrons. The second-order valence-corrected chi connectivity index (χ2v) is 6.70. The first-order valence-electron chi connectivity index (χ1n) is 7.58. The molecule has 20 heavy (non-hydrogen) atoms. The van der Waals surface area contributed by atoms with Crippen LogP contribution in [0.15, 0.2) is 18.2 Å². The average Bonchev–Trinajstić information content (AvgIpc) is 2.37. The molecule has 1 N–H and O–H groups in total. The fourth-order valence-corrected chi connectivity index (χ4v) is 2.09. The van der Waals surface area contributed by atoms with E-state index in [2.05, 4.69) is 33.0 Å². The Hall–Kier alpha value is -0.730. The van der Waals surface area contributed by atoms with E-state index in [9.17, 15) is 0 Å². The smallest absolute Gasteiger partial charge is 0.123 e. The van der Waals surface area contributed by atoms with E-state index < -0.39 is 0 Å². The van der Waals surface area contributed by atoms with Gasteiger partial charge < -0.3 is 10.1 Å². The number of ether oxygens (including phenoxy) is 1. The Morgan fingerprint density at radius 3 is 2.55 bits per heavy atom. The molecule has 0 aromatic heterocycles. The van der Waals surface area contributed by atoms with Gasteiger partial charge in [0.2, 0.25) is 0 Å². The topological polar surface area (TPSA) is 21.3 Å². The van der Waals surface area contributed by atoms with Crippen molar-refractivity contribution in [1.29, 1.82) is 0 Å². The first-order chi connectivity index (χ1) is 9.42. The SMILES string of the molecule is CCCCCCOc1ccc(Cl)cc1CNC(C)(C)C. The van der Waals surface area contributed by atoms with Gasteiger partial charge >= 0.3 is 0 Å². The molecule has 0 atom stereocenters. The monoisotopic (exact) mass is 297 g/mol. The van der Waals surface area contributed by atoms with Gasteiger partial charge in [0.15, 0.2) is 0 Å². The van der Waals surface area contributed by atoms with Crippen LogP contribution in [0.5, 0.6) is 5.75 Å². The van der Waals surface area contributed by atoms with Crippen LogP contribution < -0.4 is 10.1 Å². The maximum absolute atomic E-state index is 6.09. The van der Waals surface area contributed by atoms with Crippen LogP contribution in [-0.4, -0.2) is 12.1 Å². The molecule has 0 fully saturated rings. The van der Waals surface area contributed by atoms with Crippen molar-refractivity contribution in [3.8, 4) is 5.75 Å². The molecule has 0 amide bonds. The van der Waals surface area contributed by atoms with E-state index in [0.29, 0.717) is 0 Å². The zero-order valence-corrected chi connectivity index (χ0v) is 14.0. The fraction of sp³-hybridized carbons (Fsp3) is 0.647. The number of halogens is 1. The first kappa shape index (κ1) is 17.3. The van der Waals surface area contributed by atoms with Crippen LogP contribution >= 0.6 is 11.6 Å². The highest BCUT2D eigenvalue weighted by molar-refractivity contribution is 6.30. The lowest BCUT2D eigenvalue weighted by molar-refractivity contribution is 0.299. The predicted molar refractivity (Wildman–Crippen MR) is 87.7 cm³/mol. The molecular weight excluding hydrogens is 270 g/mol. The summed E-state index contributed by atoms with van der Waals surface area (Å²) >= 11 is 6.09. The third kappa shape index (κ3) is 7.16. The quantitative estimate of drug-likeness (QED) is 0.667. The molecule has 0 bridgehead atoms. The molecule has 0 heterocycles. The summed E-state index contributed by atoms with van der Waals surface area (Å²) in [6.45, 7) is 10.2. The summed E-state index contributed by atoms with van der Waals surface area (Å²) in [6, 6.07) is 5.85. The van der Waals surface area contributed by atoms with Crippen molar-refractivity contribution >= 4 is 11.6 Å². The Morgan fingerprint density at radius 2 is 1.90 bits per heavy atom. The van der Waals surface area contributed by atoms with Crippen LogP contribution in [0.2, 0.25) is 5.02 Å². The molecular formula is C17H28ClNO. The lowest BCUT2D eigenvalue weighted by atomic mass is 10.1. The number of nitrogens with one attached hydrogen (secondary N) is 1. The van der Waals surface area contributed by atoms with Crippen molar-refractivity contribution < 1.29 is 4.74 Å². The van der Waals surface area contributed by atoms with Gasteiger partial charge in [-0.15, -0.1) is 0 Å². The van der Waals surface area contributed by atoms with E-state index in [-0.39, 0.29) is 5.54 Å². The van der Waals surface area contributed by atoms with E-state index in [1.807, 2.05) is 18.2 Å². The molecule has 0 unspecified atom stereocenters. The van der Waals surface area contributed by atoms with Gasteiger partial charge in [-0.05, 0) is 45.4 Å². The third-order valence-corrected chi connectivity index (χ3v) is 3.32. The second kappa shape index (κ2) is 8.53. The van der Waals surface area contributed by atoms with Gasteiger partial charge in [0.1, 0.15) is 5.75 Å². The van der Waals surface area contributed by atoms with E-state index in [1.165, 1.54) is 19.3 Å². The minimum absolute atomic E-state index is 0.0840. The van der Waals surface area contributed by atoms with Crippen molar-refractivity contribution in [2.45, 2.75) is 65.5 Å². The summed E-state index contributed by atoms with van der Waals surface area (Å²) in [6.07, 6.45) is 4.88. The summed E-state index contributed by atoms with van der Waals surface area (Å²) in [5.41, 5.74) is 1.21. The van der Waals surface area contributed by atoms with E-state index >= 15 is 0 Å². The van der Waals surface area contributed by atoms with Gasteiger partial charge in [-0.25, -0.2) is 0 Å². The third-order valence-electron chi connectivity index (χ3n) is 3.09. The molecule has 0 saturated carbocycles. The first-order valence-corrected chi connectivity index (χ1v) is 7.96. The van der Waals surface area contributed by atoms with Gasteiger partial charge in [0, 0.05) is 22.7 Å². The van der Waals surface area contributed by atoms with Gasteiger partial charge in [0.25, 0.3) is 0 Å². The predicted octanol–water partition coefficient (Wildman–Crippen LogP) is 5.19. The number of benzene rings is 1. The summed E-state index contributed by atoms with van der Waals surface area (Å²) in [5.74, 6) is 0.947. The number of unbranched alkanes of at least 4 members (excludes halogenated alkanes) is 3. The molecule has 3 heteroatoms. The molecule has 0 aliphatic heterocycles. The maximum atomic E-state index is 6.09. The van der Waals surface area contributed by atoms with Crippen molar-refractivity contribution in [1.82, 2.24) is 5.32 Å². The van der Waals surface area contributed by atoms with E-state index in [4.69, 9.17) is 16.3 Å². The van der Waals surface area contributed by atoms with Gasteiger partial charge in [-0.1, -0.05) is 37.8 Å². The molecule has 0 spiro atoms. The molecule has 2 nitrogen and oxygen atoms in total. The van der Waals surface area contributed by atoms with E-state index in [1.54, 1.807) is 0 Å². The second-order valence-electron chi connectivity index (χ2n) is 6.26. The highest BCUT2D eigenvalue weighted by Gasteiger charge is 2.11. The highest BCUT2D eigenvalue weighted by atomic mass is 35.5. The van der Waals surface area contributed by atoms with Gasteiger partial charge in [-0.2, -0.15) is 0 Å². The van der Waals surface area contributed by atoms with Gasteiger partial charge in [-0.3, -0.25) is 0 Å². The standard InChI is InChI=1S/C17H28ClNO/c1-5-6-7-8-11-20-16-10-9-15(18)12-14(16)13-19-17(2,3)4/h9-10,12,19H,5-8,11,13H2,1-4H3. The Labute approximate surface area is 128 Å². The Morgan fingerprint density at radius 1 is 1.15 bits per heavy atom. The Kier molecular flexibility index (Phi) is 7.39. The van der Waals surface area contributed by atoms with Crippen LogP contribution in [0, 0.1) is 0 Å². The molecule has 114 valence electrons. The molecule has 0 aliphatic carbocycles. The summed E-state index contributed by atoms with van der Waals surface area (Å²) in [7, 11) is 0. The van der Waals surface area contributed by atoms with Crippen LogP contribution in [0.25, 0.3) is 0 Å². The number of rotatable bonds is 8. The minimum Gasteiger partial charge on any atom is -0.493 e. The fourth-order valence-electron chi connectivity index (χ4n) is 1.90. The molecule has 0 aliphatic rings. The number of hydrogen-bond acceptors (Lipinski definition) is 2. The highest BCUT2D eigenvalue weighted by Crippen LogP contribution is 2.24. The normalized spacial score (nSPS) is 11.7. The van der Waals surface area contributed by atoms with Gasteiger partial charge in [0.05, 0.1) is 6.61 Å². The zero-order valence-electron chi connectivity index (χ0n) is 13.3. The van der Waals surface area contributed by atoms with Crippen LogP contribution in [-0.2, 0) is 6.54 Å². The zero-order chi connectivity index (χ0) is 15.0. The summed E-state index contributed by atoms with van der Waals surface area (Å²) < 4.78 is 5.91. The molecule has 1 aromatic rings. The number of hydrogen-bond donors (Lipinski definition) is 1. The van der Waals surface area contributed by atoms with E-state index in [0.717, 1.165) is 35.9 Å². The van der Waals surface area contributed by atoms with Crippen LogP contribution in [0.1, 0.15) is 58.9 Å². The minimum atomic E-state index is 0.0840. The molecule has 1 aromatic carbocycles. The van der Waals surface area contributed by atoms with Crippen LogP contribution in [0.3, 0.4) is 0 Å². The lowest BCUT2D eigenvalue weighted by Gasteiger charge is -2.22. The van der Waals surface area contributed by atoms with Crippen molar-refractivity contribution in [3.05, 3.63) is 28.8 Å². The average molecular weight is 298 g/mol. The maximum Gasteiger partial charge on any atom is 0.123 e. The van der Waals surface area contributed by atoms with Crippen molar-refractivity contribution in [3.63, 3.8) is 0 Å². The van der Waals surface area contributed by atoms with Crippen molar-refractivity contribution in [2.75, 3.05) is 6.61 Å². The Bertz CT molecular complexity index is 398.